The Morgan fingerprint density at radius 3 is 2.90 bits per heavy atom. The molecule has 1 aromatic carbocycles. The van der Waals surface area contributed by atoms with Crippen molar-refractivity contribution >= 4 is 5.96 Å². The molecule has 0 radical (unpaired) electrons. The van der Waals surface area contributed by atoms with E-state index in [4.69, 9.17) is 0 Å². The van der Waals surface area contributed by atoms with Crippen molar-refractivity contribution in [3.63, 3.8) is 0 Å². The van der Waals surface area contributed by atoms with Crippen LogP contribution in [0.1, 0.15) is 5.56 Å². The van der Waals surface area contributed by atoms with Crippen LogP contribution in [0.25, 0.3) is 0 Å². The molecule has 2 aromatic rings. The van der Waals surface area contributed by atoms with Crippen LogP contribution >= 0.6 is 0 Å². The van der Waals surface area contributed by atoms with Gasteiger partial charge in [-0.05, 0) is 18.2 Å². The highest BCUT2D eigenvalue weighted by molar-refractivity contribution is 5.79. The van der Waals surface area contributed by atoms with Gasteiger partial charge in [-0.25, -0.2) is 13.8 Å². The van der Waals surface area contributed by atoms with E-state index in [1.165, 1.54) is 6.07 Å². The summed E-state index contributed by atoms with van der Waals surface area (Å²) in [5, 5.41) is 6.03. The molecule has 0 aliphatic rings. The first-order valence-electron chi connectivity index (χ1n) is 6.53. The summed E-state index contributed by atoms with van der Waals surface area (Å²) < 4.78 is 28.5. The molecule has 1 heterocycles. The first-order valence-corrected chi connectivity index (χ1v) is 6.53. The van der Waals surface area contributed by atoms with Crippen LogP contribution in [-0.2, 0) is 13.1 Å². The van der Waals surface area contributed by atoms with Crippen molar-refractivity contribution in [2.24, 2.45) is 4.99 Å². The molecule has 0 amide bonds. The molecule has 7 heteroatoms. The Balaban J connectivity index is 1.81. The van der Waals surface area contributed by atoms with Gasteiger partial charge in [0.2, 0.25) is 0 Å². The SMILES string of the molecule is CN=C(NCCn1ccnc1)NCc1cc(F)ccc1F. The molecule has 0 unspecified atom stereocenters. The topological polar surface area (TPSA) is 54.2 Å². The number of rotatable bonds is 5. The molecule has 2 N–H and O–H groups in total. The summed E-state index contributed by atoms with van der Waals surface area (Å²) in [6.45, 7) is 1.53. The number of guanidine groups is 1. The Labute approximate surface area is 121 Å². The van der Waals surface area contributed by atoms with Crippen LogP contribution in [0.4, 0.5) is 8.78 Å². The Morgan fingerprint density at radius 1 is 1.33 bits per heavy atom. The number of nitrogens with one attached hydrogen (secondary N) is 2. The van der Waals surface area contributed by atoms with E-state index in [0.717, 1.165) is 18.7 Å². The number of hydrogen-bond acceptors (Lipinski definition) is 2. The Kier molecular flexibility index (Phi) is 5.25. The average Bonchev–Trinajstić information content (AvgIpc) is 2.99. The van der Waals surface area contributed by atoms with E-state index in [-0.39, 0.29) is 12.1 Å². The number of aliphatic imine (C=N–C) groups is 1. The lowest BCUT2D eigenvalue weighted by Crippen LogP contribution is -2.38. The summed E-state index contributed by atoms with van der Waals surface area (Å²) in [6, 6.07) is 3.37. The van der Waals surface area contributed by atoms with E-state index in [2.05, 4.69) is 20.6 Å². The fraction of sp³-hybridized carbons (Fsp3) is 0.286. The summed E-state index contributed by atoms with van der Waals surface area (Å²) in [4.78, 5) is 7.97. The molecule has 0 aliphatic carbocycles. The number of halogens is 2. The molecule has 112 valence electrons. The van der Waals surface area contributed by atoms with Gasteiger partial charge in [0.1, 0.15) is 11.6 Å². The number of imidazole rings is 1. The second-order valence-electron chi connectivity index (χ2n) is 4.39. The quantitative estimate of drug-likeness (QED) is 0.649. The van der Waals surface area contributed by atoms with Crippen molar-refractivity contribution in [2.45, 2.75) is 13.1 Å². The minimum Gasteiger partial charge on any atom is -0.355 e. The highest BCUT2D eigenvalue weighted by Gasteiger charge is 2.05. The average molecular weight is 293 g/mol. The summed E-state index contributed by atoms with van der Waals surface area (Å²) in [6.07, 6.45) is 5.29. The zero-order chi connectivity index (χ0) is 15.1. The fourth-order valence-corrected chi connectivity index (χ4v) is 1.80. The van der Waals surface area contributed by atoms with Gasteiger partial charge in [-0.15, -0.1) is 0 Å². The van der Waals surface area contributed by atoms with Gasteiger partial charge in [0.25, 0.3) is 0 Å². The molecular weight excluding hydrogens is 276 g/mol. The van der Waals surface area contributed by atoms with Gasteiger partial charge >= 0.3 is 0 Å². The second-order valence-corrected chi connectivity index (χ2v) is 4.39. The molecule has 2 rings (SSSR count). The monoisotopic (exact) mass is 293 g/mol. The van der Waals surface area contributed by atoms with Crippen LogP contribution in [0.3, 0.4) is 0 Å². The third-order valence-corrected chi connectivity index (χ3v) is 2.90. The molecule has 0 atom stereocenters. The van der Waals surface area contributed by atoms with E-state index >= 15 is 0 Å². The predicted molar refractivity (Wildman–Crippen MR) is 76.8 cm³/mol. The predicted octanol–water partition coefficient (Wildman–Crippen LogP) is 1.53. The van der Waals surface area contributed by atoms with Crippen LogP contribution in [-0.4, -0.2) is 29.1 Å². The maximum absolute atomic E-state index is 13.5. The Hall–Kier alpha value is -2.44. The lowest BCUT2D eigenvalue weighted by atomic mass is 10.2. The van der Waals surface area contributed by atoms with Gasteiger partial charge in [-0.3, -0.25) is 4.99 Å². The molecule has 21 heavy (non-hydrogen) atoms. The zero-order valence-corrected chi connectivity index (χ0v) is 11.7. The third kappa shape index (κ3) is 4.55. The number of hydrogen-bond donors (Lipinski definition) is 2. The van der Waals surface area contributed by atoms with Crippen LogP contribution in [0, 0.1) is 11.6 Å². The molecule has 0 aliphatic heterocycles. The summed E-state index contributed by atoms with van der Waals surface area (Å²) in [5.74, 6) is -0.382. The van der Waals surface area contributed by atoms with E-state index in [1.54, 1.807) is 19.6 Å². The van der Waals surface area contributed by atoms with Gasteiger partial charge < -0.3 is 15.2 Å². The minimum absolute atomic E-state index is 0.161. The van der Waals surface area contributed by atoms with E-state index in [0.29, 0.717) is 12.5 Å². The van der Waals surface area contributed by atoms with Crippen LogP contribution in [0.15, 0.2) is 41.9 Å². The highest BCUT2D eigenvalue weighted by Crippen LogP contribution is 2.08. The first-order chi connectivity index (χ1) is 10.2. The second kappa shape index (κ2) is 7.37. The van der Waals surface area contributed by atoms with Crippen LogP contribution in [0.2, 0.25) is 0 Å². The maximum Gasteiger partial charge on any atom is 0.191 e. The molecule has 0 spiro atoms. The van der Waals surface area contributed by atoms with E-state index in [1.807, 2.05) is 10.8 Å². The Bertz CT molecular complexity index is 595. The van der Waals surface area contributed by atoms with Gasteiger partial charge in [-0.2, -0.15) is 0 Å². The van der Waals surface area contributed by atoms with Crippen LogP contribution in [0.5, 0.6) is 0 Å². The first kappa shape index (κ1) is 15.0. The normalized spacial score (nSPS) is 11.5. The van der Waals surface area contributed by atoms with Gasteiger partial charge in [0.15, 0.2) is 5.96 Å². The zero-order valence-electron chi connectivity index (χ0n) is 11.7. The van der Waals surface area contributed by atoms with Crippen LogP contribution < -0.4 is 10.6 Å². The number of nitrogens with zero attached hydrogens (tertiary/aromatic N) is 3. The largest absolute Gasteiger partial charge is 0.355 e. The minimum atomic E-state index is -0.462. The molecule has 5 nitrogen and oxygen atoms in total. The molecule has 0 bridgehead atoms. The highest BCUT2D eigenvalue weighted by atomic mass is 19.1. The van der Waals surface area contributed by atoms with Crippen molar-refractivity contribution in [1.29, 1.82) is 0 Å². The van der Waals surface area contributed by atoms with Crippen molar-refractivity contribution in [1.82, 2.24) is 20.2 Å². The summed E-state index contributed by atoms with van der Waals surface area (Å²) >= 11 is 0. The molecule has 0 saturated carbocycles. The molecular formula is C14H17F2N5. The van der Waals surface area contributed by atoms with Crippen molar-refractivity contribution < 1.29 is 8.78 Å². The van der Waals surface area contributed by atoms with E-state index in [9.17, 15) is 8.78 Å². The van der Waals surface area contributed by atoms with E-state index < -0.39 is 11.6 Å². The molecule has 0 saturated heterocycles. The smallest absolute Gasteiger partial charge is 0.191 e. The lowest BCUT2D eigenvalue weighted by molar-refractivity contribution is 0.580. The van der Waals surface area contributed by atoms with Gasteiger partial charge in [0, 0.05) is 44.6 Å². The third-order valence-electron chi connectivity index (χ3n) is 2.90. The number of benzene rings is 1. The summed E-state index contributed by atoms with van der Waals surface area (Å²) in [5.41, 5.74) is 0.257. The van der Waals surface area contributed by atoms with Gasteiger partial charge in [-0.1, -0.05) is 0 Å². The van der Waals surface area contributed by atoms with Crippen molar-refractivity contribution in [2.75, 3.05) is 13.6 Å². The maximum atomic E-state index is 13.5. The molecule has 0 fully saturated rings. The van der Waals surface area contributed by atoms with Gasteiger partial charge in [0.05, 0.1) is 6.33 Å². The lowest BCUT2D eigenvalue weighted by Gasteiger charge is -2.12. The standard InChI is InChI=1S/C14H17F2N5/c1-17-14(19-5-7-21-6-4-18-10-21)20-9-11-8-12(15)2-3-13(11)16/h2-4,6,8,10H,5,7,9H2,1H3,(H2,17,19,20). The fourth-order valence-electron chi connectivity index (χ4n) is 1.80. The van der Waals surface area contributed by atoms with Crippen molar-refractivity contribution in [3.05, 3.63) is 54.1 Å². The van der Waals surface area contributed by atoms with Crippen molar-refractivity contribution in [3.8, 4) is 0 Å². The summed E-state index contributed by atoms with van der Waals surface area (Å²) in [7, 11) is 1.62. The molecule has 1 aromatic heterocycles. The number of aromatic nitrogens is 2. The Morgan fingerprint density at radius 2 is 2.19 bits per heavy atom.